The Labute approximate surface area is 169 Å². The third-order valence-corrected chi connectivity index (χ3v) is 10.7. The molecule has 0 aromatic heterocycles. The van der Waals surface area contributed by atoms with Gasteiger partial charge in [-0.05, 0) is 28.3 Å². The molecule has 0 aliphatic carbocycles. The van der Waals surface area contributed by atoms with E-state index in [0.29, 0.717) is 6.61 Å². The molecule has 0 saturated carbocycles. The highest BCUT2D eigenvalue weighted by Gasteiger charge is 2.59. The Morgan fingerprint density at radius 2 is 1.61 bits per heavy atom. The molecule has 0 bridgehead atoms. The molecule has 0 N–H and O–H groups in total. The minimum absolute atomic E-state index is 0.0963. The summed E-state index contributed by atoms with van der Waals surface area (Å²) < 4.78 is 12.8. The number of epoxide rings is 1. The van der Waals surface area contributed by atoms with Gasteiger partial charge in [0.1, 0.15) is 11.7 Å². The molecule has 1 aliphatic rings. The van der Waals surface area contributed by atoms with E-state index in [0.717, 1.165) is 19.1 Å². The molecule has 28 heavy (non-hydrogen) atoms. The van der Waals surface area contributed by atoms with E-state index in [1.165, 1.54) is 10.4 Å². The lowest BCUT2D eigenvalue weighted by atomic mass is 10.0. The topological polar surface area (TPSA) is 38.8 Å². The molecule has 0 unspecified atom stereocenters. The molecule has 1 fully saturated rings. The van der Waals surface area contributed by atoms with Gasteiger partial charge in [0, 0.05) is 0 Å². The van der Waals surface area contributed by atoms with Crippen molar-refractivity contribution >= 4 is 25.0 Å². The maximum atomic E-state index is 11.4. The number of allylic oxidation sites excluding steroid dienone is 1. The van der Waals surface area contributed by atoms with Gasteiger partial charge in [0.2, 0.25) is 0 Å². The van der Waals surface area contributed by atoms with E-state index in [9.17, 15) is 4.79 Å². The van der Waals surface area contributed by atoms with Crippen LogP contribution in [0, 0.1) is 0 Å². The van der Waals surface area contributed by atoms with Crippen LogP contribution >= 0.6 is 0 Å². The van der Waals surface area contributed by atoms with Crippen LogP contribution in [0.3, 0.4) is 0 Å². The molecule has 3 rings (SSSR count). The highest BCUT2D eigenvalue weighted by molar-refractivity contribution is 6.99. The molecule has 2 aromatic carbocycles. The first-order valence-corrected chi connectivity index (χ1v) is 11.8. The predicted molar refractivity (Wildman–Crippen MR) is 117 cm³/mol. The van der Waals surface area contributed by atoms with Gasteiger partial charge in [-0.25, -0.2) is 0 Å². The molecule has 0 spiro atoms. The van der Waals surface area contributed by atoms with Gasteiger partial charge in [-0.15, -0.1) is 6.58 Å². The molecule has 1 heterocycles. The Morgan fingerprint density at radius 3 is 2.00 bits per heavy atom. The van der Waals surface area contributed by atoms with Gasteiger partial charge in [-0.3, -0.25) is 0 Å². The summed E-state index contributed by atoms with van der Waals surface area (Å²) in [5.41, 5.74) is -0.525. The number of ether oxygens (including phenoxy) is 1. The minimum atomic E-state index is -2.62. The summed E-state index contributed by atoms with van der Waals surface area (Å²) in [6, 6.07) is 21.1. The fourth-order valence-electron chi connectivity index (χ4n) is 4.10. The van der Waals surface area contributed by atoms with Crippen LogP contribution in [0.25, 0.3) is 0 Å². The summed E-state index contributed by atoms with van der Waals surface area (Å²) in [7, 11) is -2.62. The van der Waals surface area contributed by atoms with Crippen molar-refractivity contribution < 1.29 is 14.0 Å². The Morgan fingerprint density at radius 1 is 1.07 bits per heavy atom. The second kappa shape index (κ2) is 8.16. The van der Waals surface area contributed by atoms with Crippen molar-refractivity contribution in [1.82, 2.24) is 0 Å². The number of benzene rings is 2. The largest absolute Gasteiger partial charge is 0.404 e. The highest BCUT2D eigenvalue weighted by Crippen LogP contribution is 2.43. The number of carbonyl (C=O) groups excluding carboxylic acids is 1. The van der Waals surface area contributed by atoms with Crippen molar-refractivity contribution in [3.63, 3.8) is 0 Å². The third kappa shape index (κ3) is 3.77. The number of aldehydes is 1. The van der Waals surface area contributed by atoms with Crippen LogP contribution in [0.15, 0.2) is 73.3 Å². The fraction of sp³-hybridized carbons (Fsp3) is 0.375. The van der Waals surface area contributed by atoms with Crippen molar-refractivity contribution in [2.75, 3.05) is 6.61 Å². The van der Waals surface area contributed by atoms with Gasteiger partial charge in [0.25, 0.3) is 8.32 Å². The molecule has 0 radical (unpaired) electrons. The molecule has 2 aromatic rings. The van der Waals surface area contributed by atoms with Crippen molar-refractivity contribution in [3.8, 4) is 0 Å². The second-order valence-corrected chi connectivity index (χ2v) is 12.8. The van der Waals surface area contributed by atoms with E-state index in [1.54, 1.807) is 0 Å². The lowest BCUT2D eigenvalue weighted by Crippen LogP contribution is -2.67. The number of rotatable bonds is 9. The van der Waals surface area contributed by atoms with Crippen molar-refractivity contribution in [1.29, 1.82) is 0 Å². The van der Waals surface area contributed by atoms with E-state index in [1.807, 2.05) is 18.2 Å². The normalized spacial score (nSPS) is 21.9. The van der Waals surface area contributed by atoms with E-state index in [-0.39, 0.29) is 11.1 Å². The highest BCUT2D eigenvalue weighted by atomic mass is 28.4. The SMILES string of the molecule is C=CCC[C@]1(CO[Si](c2ccccc2)(c2ccccc2)C(C)(C)C)O[C@H]1C=O. The maximum Gasteiger partial charge on any atom is 0.261 e. The Balaban J connectivity index is 2.04. The Bertz CT molecular complexity index is 758. The van der Waals surface area contributed by atoms with Crippen LogP contribution in [-0.4, -0.2) is 32.9 Å². The van der Waals surface area contributed by atoms with Crippen molar-refractivity contribution in [2.24, 2.45) is 0 Å². The zero-order chi connectivity index (χ0) is 20.3. The molecule has 3 nitrogen and oxygen atoms in total. The van der Waals surface area contributed by atoms with Crippen LogP contribution in [0.2, 0.25) is 5.04 Å². The lowest BCUT2D eigenvalue weighted by molar-refractivity contribution is -0.108. The quantitative estimate of drug-likeness (QED) is 0.280. The maximum absolute atomic E-state index is 11.4. The molecule has 1 aliphatic heterocycles. The van der Waals surface area contributed by atoms with Gasteiger partial charge >= 0.3 is 0 Å². The molecule has 4 heteroatoms. The minimum Gasteiger partial charge on any atom is -0.404 e. The molecule has 1 saturated heterocycles. The second-order valence-electron chi connectivity index (χ2n) is 8.52. The monoisotopic (exact) mass is 394 g/mol. The summed E-state index contributed by atoms with van der Waals surface area (Å²) in [5.74, 6) is 0. The van der Waals surface area contributed by atoms with E-state index < -0.39 is 13.9 Å². The van der Waals surface area contributed by atoms with Crippen molar-refractivity contribution in [3.05, 3.63) is 73.3 Å². The van der Waals surface area contributed by atoms with Gasteiger partial charge in [-0.1, -0.05) is 87.5 Å². The average Bonchev–Trinajstić information content (AvgIpc) is 3.41. The molecular formula is C24H30O3Si. The molecule has 148 valence electrons. The standard InChI is InChI=1S/C24H30O3Si/c1-5-6-17-24(22(18-25)27-24)19-26-28(23(2,3)4,20-13-9-7-10-14-20)21-15-11-8-12-16-21/h5,7-16,18,22H,1,6,17,19H2,2-4H3/t22-,24+/m0/s1. The van der Waals surface area contributed by atoms with E-state index >= 15 is 0 Å². The first kappa shape index (κ1) is 20.7. The van der Waals surface area contributed by atoms with Crippen LogP contribution in [-0.2, 0) is 14.0 Å². The molecule has 0 amide bonds. The first-order chi connectivity index (χ1) is 13.4. The summed E-state index contributed by atoms with van der Waals surface area (Å²) in [6.07, 6.45) is 3.93. The van der Waals surface area contributed by atoms with Gasteiger partial charge in [-0.2, -0.15) is 0 Å². The van der Waals surface area contributed by atoms with E-state index in [2.05, 4.69) is 75.9 Å². The smallest absolute Gasteiger partial charge is 0.261 e. The summed E-state index contributed by atoms with van der Waals surface area (Å²) in [4.78, 5) is 11.4. The van der Waals surface area contributed by atoms with Crippen LogP contribution in [0.1, 0.15) is 33.6 Å². The van der Waals surface area contributed by atoms with Crippen LogP contribution in [0.4, 0.5) is 0 Å². The zero-order valence-electron chi connectivity index (χ0n) is 17.1. The zero-order valence-corrected chi connectivity index (χ0v) is 18.1. The number of hydrogen-bond donors (Lipinski definition) is 0. The van der Waals surface area contributed by atoms with Crippen molar-refractivity contribution in [2.45, 2.75) is 50.4 Å². The van der Waals surface area contributed by atoms with Gasteiger partial charge in [0.15, 0.2) is 6.29 Å². The Kier molecular flexibility index (Phi) is 6.03. The van der Waals surface area contributed by atoms with Gasteiger partial charge < -0.3 is 14.0 Å². The summed E-state index contributed by atoms with van der Waals surface area (Å²) in [6.45, 7) is 11.0. The van der Waals surface area contributed by atoms with Crippen LogP contribution in [0.5, 0.6) is 0 Å². The molecular weight excluding hydrogens is 364 g/mol. The predicted octanol–water partition coefficient (Wildman–Crippen LogP) is 3.87. The summed E-state index contributed by atoms with van der Waals surface area (Å²) >= 11 is 0. The first-order valence-electron chi connectivity index (χ1n) is 9.89. The molecule has 2 atom stereocenters. The van der Waals surface area contributed by atoms with Crippen LogP contribution < -0.4 is 10.4 Å². The van der Waals surface area contributed by atoms with E-state index in [4.69, 9.17) is 9.16 Å². The van der Waals surface area contributed by atoms with Gasteiger partial charge in [0.05, 0.1) is 6.61 Å². The fourth-order valence-corrected chi connectivity index (χ4v) is 8.71. The lowest BCUT2D eigenvalue weighted by Gasteiger charge is -2.43. The summed E-state index contributed by atoms with van der Waals surface area (Å²) in [5, 5.41) is 2.37. The number of carbonyl (C=O) groups is 1. The Hall–Kier alpha value is -2.01. The average molecular weight is 395 g/mol. The number of hydrogen-bond acceptors (Lipinski definition) is 3. The third-order valence-electron chi connectivity index (χ3n) is 5.67.